The van der Waals surface area contributed by atoms with E-state index >= 15 is 0 Å². The summed E-state index contributed by atoms with van der Waals surface area (Å²) in [5, 5.41) is 4.47. The zero-order chi connectivity index (χ0) is 17.9. The Morgan fingerprint density at radius 2 is 1.42 bits per heavy atom. The van der Waals surface area contributed by atoms with Crippen LogP contribution in [0.5, 0.6) is 11.5 Å². The molecule has 2 heterocycles. The van der Waals surface area contributed by atoms with Crippen molar-refractivity contribution in [3.8, 4) is 11.5 Å². The number of hydrogen-bond acceptors (Lipinski definition) is 4. The Bertz CT molecular complexity index is 1040. The Morgan fingerprint density at radius 1 is 0.731 bits per heavy atom. The van der Waals surface area contributed by atoms with Crippen molar-refractivity contribution in [2.45, 2.75) is 13.8 Å². The first-order valence-corrected chi connectivity index (χ1v) is 8.52. The van der Waals surface area contributed by atoms with Crippen LogP contribution >= 0.6 is 0 Å². The Labute approximate surface area is 152 Å². The molecular formula is C22H19N3O. The minimum absolute atomic E-state index is 0.761. The third kappa shape index (κ3) is 3.49. The van der Waals surface area contributed by atoms with Crippen LogP contribution in [0, 0.1) is 13.8 Å². The number of ether oxygens (including phenoxy) is 1. The molecule has 0 bridgehead atoms. The summed E-state index contributed by atoms with van der Waals surface area (Å²) >= 11 is 0. The summed E-state index contributed by atoms with van der Waals surface area (Å²) in [6.07, 6.45) is 0. The first-order valence-electron chi connectivity index (χ1n) is 8.52. The number of anilines is 2. The van der Waals surface area contributed by atoms with Crippen molar-refractivity contribution in [3.63, 3.8) is 0 Å². The van der Waals surface area contributed by atoms with Crippen LogP contribution in [0.25, 0.3) is 11.0 Å². The number of hydrogen-bond donors (Lipinski definition) is 1. The van der Waals surface area contributed by atoms with E-state index in [0.29, 0.717) is 0 Å². The second-order valence-electron chi connectivity index (χ2n) is 6.20. The molecule has 0 aliphatic rings. The number of benzene rings is 2. The first-order chi connectivity index (χ1) is 12.7. The third-order valence-electron chi connectivity index (χ3n) is 4.05. The van der Waals surface area contributed by atoms with E-state index in [1.54, 1.807) is 0 Å². The zero-order valence-corrected chi connectivity index (χ0v) is 14.7. The highest BCUT2D eigenvalue weighted by Gasteiger charge is 2.06. The third-order valence-corrected chi connectivity index (χ3v) is 4.05. The Hall–Kier alpha value is -3.40. The van der Waals surface area contributed by atoms with Crippen molar-refractivity contribution in [1.29, 1.82) is 0 Å². The molecule has 0 aliphatic carbocycles. The molecule has 4 nitrogen and oxygen atoms in total. The van der Waals surface area contributed by atoms with Gasteiger partial charge in [-0.2, -0.15) is 0 Å². The molecule has 0 amide bonds. The number of fused-ring (bicyclic) bond motifs is 1. The molecule has 0 spiro atoms. The fourth-order valence-electron chi connectivity index (χ4n) is 2.81. The Morgan fingerprint density at radius 3 is 2.19 bits per heavy atom. The van der Waals surface area contributed by atoms with Crippen molar-refractivity contribution < 1.29 is 4.74 Å². The lowest BCUT2D eigenvalue weighted by Crippen LogP contribution is -1.97. The van der Waals surface area contributed by atoms with Gasteiger partial charge in [0, 0.05) is 22.5 Å². The van der Waals surface area contributed by atoms with E-state index in [1.807, 2.05) is 80.6 Å². The molecule has 4 heteroatoms. The van der Waals surface area contributed by atoms with Gasteiger partial charge in [-0.3, -0.25) is 0 Å². The highest BCUT2D eigenvalue weighted by Crippen LogP contribution is 2.28. The highest BCUT2D eigenvalue weighted by atomic mass is 16.5. The van der Waals surface area contributed by atoms with Crippen molar-refractivity contribution >= 4 is 22.4 Å². The minimum Gasteiger partial charge on any atom is -0.457 e. The maximum absolute atomic E-state index is 5.84. The van der Waals surface area contributed by atoms with Gasteiger partial charge in [0.05, 0.1) is 5.69 Å². The van der Waals surface area contributed by atoms with Crippen LogP contribution < -0.4 is 10.1 Å². The molecule has 128 valence electrons. The highest BCUT2D eigenvalue weighted by molar-refractivity contribution is 5.91. The predicted molar refractivity (Wildman–Crippen MR) is 105 cm³/mol. The molecule has 2 aromatic heterocycles. The largest absolute Gasteiger partial charge is 0.457 e. The smallest absolute Gasteiger partial charge is 0.161 e. The number of pyridine rings is 2. The van der Waals surface area contributed by atoms with Crippen LogP contribution in [0.4, 0.5) is 11.4 Å². The average molecular weight is 341 g/mol. The quantitative estimate of drug-likeness (QED) is 0.511. The maximum Gasteiger partial charge on any atom is 0.161 e. The fourth-order valence-corrected chi connectivity index (χ4v) is 2.81. The standard InChI is InChI=1S/C22H19N3O/c1-15-8-13-20-21(14-16(2)24-22(20)23-15)25-17-9-11-19(12-10-17)26-18-6-4-3-5-7-18/h3-14H,1-2H3,(H,23,24,25). The summed E-state index contributed by atoms with van der Waals surface area (Å²) in [6, 6.07) is 23.8. The van der Waals surface area contributed by atoms with Gasteiger partial charge >= 0.3 is 0 Å². The minimum atomic E-state index is 0.761. The molecule has 0 aliphatic heterocycles. The topological polar surface area (TPSA) is 47.0 Å². The molecule has 4 rings (SSSR count). The van der Waals surface area contributed by atoms with Gasteiger partial charge in [-0.25, -0.2) is 9.97 Å². The van der Waals surface area contributed by atoms with Crippen molar-refractivity contribution in [2.24, 2.45) is 0 Å². The lowest BCUT2D eigenvalue weighted by molar-refractivity contribution is 0.483. The molecular weight excluding hydrogens is 322 g/mol. The predicted octanol–water partition coefficient (Wildman–Crippen LogP) is 5.78. The normalized spacial score (nSPS) is 10.7. The van der Waals surface area contributed by atoms with E-state index < -0.39 is 0 Å². The number of aromatic nitrogens is 2. The second kappa shape index (κ2) is 6.84. The van der Waals surface area contributed by atoms with E-state index in [2.05, 4.69) is 21.4 Å². The molecule has 0 radical (unpaired) electrons. The molecule has 4 aromatic rings. The number of nitrogens with zero attached hydrogens (tertiary/aromatic N) is 2. The van der Waals surface area contributed by atoms with Gasteiger partial charge in [0.2, 0.25) is 0 Å². The first kappa shape index (κ1) is 16.1. The monoisotopic (exact) mass is 341 g/mol. The molecule has 26 heavy (non-hydrogen) atoms. The Balaban J connectivity index is 1.59. The van der Waals surface area contributed by atoms with E-state index in [-0.39, 0.29) is 0 Å². The lowest BCUT2D eigenvalue weighted by Gasteiger charge is -2.12. The molecule has 0 saturated heterocycles. The van der Waals surface area contributed by atoms with Gasteiger partial charge in [0.1, 0.15) is 11.5 Å². The van der Waals surface area contributed by atoms with Crippen LogP contribution in [0.3, 0.4) is 0 Å². The summed E-state index contributed by atoms with van der Waals surface area (Å²) in [5.41, 5.74) is 4.64. The lowest BCUT2D eigenvalue weighted by atomic mass is 10.2. The van der Waals surface area contributed by atoms with Gasteiger partial charge in [0.15, 0.2) is 5.65 Å². The van der Waals surface area contributed by atoms with E-state index in [0.717, 1.165) is 45.3 Å². The zero-order valence-electron chi connectivity index (χ0n) is 14.7. The fraction of sp³-hybridized carbons (Fsp3) is 0.0909. The summed E-state index contributed by atoms with van der Waals surface area (Å²) in [7, 11) is 0. The Kier molecular flexibility index (Phi) is 4.23. The van der Waals surface area contributed by atoms with Crippen LogP contribution in [-0.4, -0.2) is 9.97 Å². The van der Waals surface area contributed by atoms with Crippen LogP contribution in [-0.2, 0) is 0 Å². The van der Waals surface area contributed by atoms with Gasteiger partial charge in [-0.05, 0) is 68.4 Å². The molecule has 2 aromatic carbocycles. The maximum atomic E-state index is 5.84. The van der Waals surface area contributed by atoms with Crippen molar-refractivity contribution in [1.82, 2.24) is 9.97 Å². The van der Waals surface area contributed by atoms with Crippen molar-refractivity contribution in [3.05, 3.63) is 84.2 Å². The van der Waals surface area contributed by atoms with E-state index in [4.69, 9.17) is 4.74 Å². The number of rotatable bonds is 4. The summed E-state index contributed by atoms with van der Waals surface area (Å²) in [4.78, 5) is 9.06. The van der Waals surface area contributed by atoms with Crippen LogP contribution in [0.1, 0.15) is 11.4 Å². The van der Waals surface area contributed by atoms with Gasteiger partial charge in [-0.15, -0.1) is 0 Å². The second-order valence-corrected chi connectivity index (χ2v) is 6.20. The molecule has 0 unspecified atom stereocenters. The van der Waals surface area contributed by atoms with Gasteiger partial charge < -0.3 is 10.1 Å². The van der Waals surface area contributed by atoms with Gasteiger partial charge in [0.25, 0.3) is 0 Å². The summed E-state index contributed by atoms with van der Waals surface area (Å²) in [5.74, 6) is 1.63. The SMILES string of the molecule is Cc1ccc2c(Nc3ccc(Oc4ccccc4)cc3)cc(C)nc2n1. The number of aryl methyl sites for hydroxylation is 2. The molecule has 0 saturated carbocycles. The number of para-hydroxylation sites is 1. The van der Waals surface area contributed by atoms with Crippen LogP contribution in [0.2, 0.25) is 0 Å². The summed E-state index contributed by atoms with van der Waals surface area (Å²) in [6.45, 7) is 3.95. The average Bonchev–Trinajstić information content (AvgIpc) is 2.64. The van der Waals surface area contributed by atoms with E-state index in [1.165, 1.54) is 0 Å². The van der Waals surface area contributed by atoms with Gasteiger partial charge in [-0.1, -0.05) is 18.2 Å². The van der Waals surface area contributed by atoms with Crippen molar-refractivity contribution in [2.75, 3.05) is 5.32 Å². The molecule has 0 fully saturated rings. The number of nitrogens with one attached hydrogen (secondary N) is 1. The molecule has 0 atom stereocenters. The summed E-state index contributed by atoms with van der Waals surface area (Å²) < 4.78 is 5.84. The molecule has 1 N–H and O–H groups in total. The van der Waals surface area contributed by atoms with E-state index in [9.17, 15) is 0 Å². The van der Waals surface area contributed by atoms with Crippen LogP contribution in [0.15, 0.2) is 72.8 Å².